The van der Waals surface area contributed by atoms with E-state index < -0.39 is 0 Å². The molecule has 1 nitrogen and oxygen atoms in total. The molecule has 1 aromatic carbocycles. The van der Waals surface area contributed by atoms with Crippen LogP contribution in [-0.4, -0.2) is 5.78 Å². The quantitative estimate of drug-likeness (QED) is 0.382. The largest absolute Gasteiger partial charge is 0.294 e. The Hall–Kier alpha value is -0.670. The zero-order valence-corrected chi connectivity index (χ0v) is 20.3. The van der Waals surface area contributed by atoms with Gasteiger partial charge in [0.05, 0.1) is 4.24 Å². The van der Waals surface area contributed by atoms with Crippen molar-refractivity contribution in [3.8, 4) is 0 Å². The van der Waals surface area contributed by atoms with E-state index in [1.165, 1.54) is 70.1 Å². The van der Waals surface area contributed by atoms with E-state index in [1.54, 1.807) is 0 Å². The first-order chi connectivity index (χ1) is 14.4. The monoisotopic (exact) mass is 438 g/mol. The Bertz CT molecular complexity index is 948. The number of hydrogen-bond donors (Lipinski definition) is 0. The normalized spacial score (nSPS) is 45.0. The van der Waals surface area contributed by atoms with Crippen LogP contribution in [0.25, 0.3) is 0 Å². The molecule has 0 bridgehead atoms. The van der Waals surface area contributed by atoms with Gasteiger partial charge in [-0.1, -0.05) is 56.3 Å². The van der Waals surface area contributed by atoms with Crippen LogP contribution < -0.4 is 0 Å². The Morgan fingerprint density at radius 2 is 1.77 bits per heavy atom. The van der Waals surface area contributed by atoms with Gasteiger partial charge in [0.1, 0.15) is 0 Å². The lowest BCUT2D eigenvalue weighted by atomic mass is 9.45. The number of fused-ring (bicyclic) bond motifs is 6. The van der Waals surface area contributed by atoms with E-state index in [4.69, 9.17) is 0 Å². The first kappa shape index (κ1) is 20.0. The number of Topliss-reactive ketones (excluding diaryl/α,β-unsaturated/α-hetero) is 1. The van der Waals surface area contributed by atoms with Gasteiger partial charge in [-0.15, -0.1) is 0 Å². The first-order valence-electron chi connectivity index (χ1n) is 12.1. The Morgan fingerprint density at radius 3 is 2.63 bits per heavy atom. The average Bonchev–Trinajstić information content (AvgIpc) is 3.25. The lowest BCUT2D eigenvalue weighted by Gasteiger charge is -2.59. The third-order valence-electron chi connectivity index (χ3n) is 9.94. The zero-order chi connectivity index (χ0) is 20.7. The molecule has 5 aliphatic rings. The van der Waals surface area contributed by atoms with Crippen molar-refractivity contribution >= 4 is 29.3 Å². The highest BCUT2D eigenvalue weighted by Crippen LogP contribution is 2.67. The highest BCUT2D eigenvalue weighted by Gasteiger charge is 2.61. The fourth-order valence-electron chi connectivity index (χ4n) is 8.23. The van der Waals surface area contributed by atoms with Gasteiger partial charge < -0.3 is 0 Å². The van der Waals surface area contributed by atoms with E-state index in [0.29, 0.717) is 17.1 Å². The second kappa shape index (κ2) is 6.91. The van der Waals surface area contributed by atoms with Crippen molar-refractivity contribution in [3.05, 3.63) is 33.6 Å². The van der Waals surface area contributed by atoms with E-state index in [1.807, 2.05) is 23.5 Å². The third kappa shape index (κ3) is 2.73. The van der Waals surface area contributed by atoms with Crippen molar-refractivity contribution in [1.82, 2.24) is 0 Å². The minimum Gasteiger partial charge on any atom is -0.294 e. The number of rotatable bonds is 0. The number of aryl methyl sites for hydroxylation is 1. The molecule has 1 aromatic rings. The molecular weight excluding hydrogens is 404 g/mol. The number of carbonyl (C=O) groups excluding carboxylic acids is 1. The van der Waals surface area contributed by atoms with Crippen molar-refractivity contribution in [3.63, 3.8) is 0 Å². The summed E-state index contributed by atoms with van der Waals surface area (Å²) in [6, 6.07) is 6.73. The molecule has 4 saturated carbocycles. The molecule has 1 aliphatic heterocycles. The van der Waals surface area contributed by atoms with E-state index >= 15 is 0 Å². The highest BCUT2D eigenvalue weighted by molar-refractivity contribution is 8.24. The lowest BCUT2D eigenvalue weighted by molar-refractivity contribution is -0.137. The smallest absolute Gasteiger partial charge is 0.166 e. The summed E-state index contributed by atoms with van der Waals surface area (Å²) in [6.07, 6.45) is 12.0. The number of ketones is 1. The number of hydrogen-bond acceptors (Lipinski definition) is 3. The summed E-state index contributed by atoms with van der Waals surface area (Å²) in [7, 11) is 0. The van der Waals surface area contributed by atoms with Gasteiger partial charge >= 0.3 is 0 Å². The van der Waals surface area contributed by atoms with Gasteiger partial charge in [0.15, 0.2) is 5.78 Å². The minimum atomic E-state index is -0.104. The molecule has 3 heteroatoms. The summed E-state index contributed by atoms with van der Waals surface area (Å²) in [5, 5.41) is 0. The van der Waals surface area contributed by atoms with E-state index in [0.717, 1.165) is 30.6 Å². The topological polar surface area (TPSA) is 17.1 Å². The van der Waals surface area contributed by atoms with E-state index in [2.05, 4.69) is 39.0 Å². The van der Waals surface area contributed by atoms with Crippen molar-refractivity contribution < 1.29 is 4.79 Å². The van der Waals surface area contributed by atoms with Crippen LogP contribution >= 0.6 is 23.5 Å². The third-order valence-corrected chi connectivity index (χ3v) is 12.6. The zero-order valence-electron chi connectivity index (χ0n) is 18.6. The predicted octanol–water partition coefficient (Wildman–Crippen LogP) is 8.02. The minimum absolute atomic E-state index is 0.104. The maximum absolute atomic E-state index is 13.8. The van der Waals surface area contributed by atoms with Gasteiger partial charge in [-0.3, -0.25) is 4.79 Å². The maximum atomic E-state index is 13.8. The SMILES string of the molecule is Cc1ccc2c(c1)S/C(=C1/C[C@H]3[C@@H]4CC[C@@H]5CCCC[C@]5(C)[C@H]4CC[C@]3(C)C1=O)S2. The molecule has 0 spiro atoms. The van der Waals surface area contributed by atoms with Crippen LogP contribution in [0.15, 0.2) is 37.8 Å². The molecule has 6 atom stereocenters. The number of benzene rings is 1. The summed E-state index contributed by atoms with van der Waals surface area (Å²) >= 11 is 3.72. The van der Waals surface area contributed by atoms with Crippen LogP contribution in [0, 0.1) is 41.4 Å². The van der Waals surface area contributed by atoms with Gasteiger partial charge in [-0.05, 0) is 98.7 Å². The Kier molecular flexibility index (Phi) is 4.60. The Labute approximate surface area is 190 Å². The van der Waals surface area contributed by atoms with Crippen molar-refractivity contribution in [2.75, 3.05) is 0 Å². The standard InChI is InChI=1S/C27H34OS2/c1-16-7-10-22-23(14-16)30-25(29-22)19-15-21-18-9-8-17-6-4-5-12-26(17,2)20(18)11-13-27(21,3)24(19)28/h7,10,14,17-18,20-21H,4-6,8-9,11-13,15H2,1-3H3/b25-19-/t17-,18+,20-,21-,26-,27-/m0/s1. The fraction of sp³-hybridized carbons (Fsp3) is 0.667. The predicted molar refractivity (Wildman–Crippen MR) is 127 cm³/mol. The summed E-state index contributed by atoms with van der Waals surface area (Å²) in [6.45, 7) is 7.13. The van der Waals surface area contributed by atoms with E-state index in [9.17, 15) is 4.79 Å². The first-order valence-corrected chi connectivity index (χ1v) is 13.8. The lowest BCUT2D eigenvalue weighted by Crippen LogP contribution is -2.52. The average molecular weight is 439 g/mol. The molecule has 160 valence electrons. The van der Waals surface area contributed by atoms with Gasteiger partial charge in [0.25, 0.3) is 0 Å². The Morgan fingerprint density at radius 1 is 0.933 bits per heavy atom. The second-order valence-corrected chi connectivity index (χ2v) is 13.7. The Balaban J connectivity index is 1.33. The van der Waals surface area contributed by atoms with Gasteiger partial charge in [0, 0.05) is 20.8 Å². The summed E-state index contributed by atoms with van der Waals surface area (Å²) < 4.78 is 1.30. The van der Waals surface area contributed by atoms with Crippen LogP contribution in [0.2, 0.25) is 0 Å². The number of carbonyl (C=O) groups is 1. The van der Waals surface area contributed by atoms with E-state index in [-0.39, 0.29) is 5.41 Å². The molecule has 4 fully saturated rings. The van der Waals surface area contributed by atoms with Crippen LogP contribution in [0.3, 0.4) is 0 Å². The molecule has 0 aromatic heterocycles. The summed E-state index contributed by atoms with van der Waals surface area (Å²) in [5.74, 6) is 3.66. The van der Waals surface area contributed by atoms with Gasteiger partial charge in [0.2, 0.25) is 0 Å². The number of thioether (sulfide) groups is 2. The molecule has 0 N–H and O–H groups in total. The van der Waals surface area contributed by atoms with Crippen molar-refractivity contribution in [2.45, 2.75) is 88.3 Å². The summed E-state index contributed by atoms with van der Waals surface area (Å²) in [4.78, 5) is 16.5. The molecule has 0 amide bonds. The van der Waals surface area contributed by atoms with Crippen LogP contribution in [0.1, 0.15) is 77.2 Å². The van der Waals surface area contributed by atoms with Crippen LogP contribution in [0.4, 0.5) is 0 Å². The summed E-state index contributed by atoms with van der Waals surface area (Å²) in [5.41, 5.74) is 2.94. The number of allylic oxidation sites excluding steroid dienone is 1. The molecule has 0 radical (unpaired) electrons. The molecule has 6 rings (SSSR count). The molecule has 1 heterocycles. The molecule has 0 saturated heterocycles. The second-order valence-electron chi connectivity index (χ2n) is 11.3. The van der Waals surface area contributed by atoms with Gasteiger partial charge in [-0.25, -0.2) is 0 Å². The highest BCUT2D eigenvalue weighted by atomic mass is 32.2. The molecule has 30 heavy (non-hydrogen) atoms. The molecular formula is C27H34OS2. The molecule has 4 aliphatic carbocycles. The van der Waals surface area contributed by atoms with Crippen molar-refractivity contribution in [2.24, 2.45) is 34.5 Å². The molecule has 0 unspecified atom stereocenters. The van der Waals surface area contributed by atoms with Crippen LogP contribution in [-0.2, 0) is 4.79 Å². The van der Waals surface area contributed by atoms with Crippen LogP contribution in [0.5, 0.6) is 0 Å². The maximum Gasteiger partial charge on any atom is 0.166 e. The van der Waals surface area contributed by atoms with Crippen molar-refractivity contribution in [1.29, 1.82) is 0 Å². The van der Waals surface area contributed by atoms with Gasteiger partial charge in [-0.2, -0.15) is 0 Å². The fourth-order valence-corrected chi connectivity index (χ4v) is 10.9.